The first-order valence-corrected chi connectivity index (χ1v) is 8.94. The van der Waals surface area contributed by atoms with E-state index in [1.54, 1.807) is 14.0 Å². The fraction of sp³-hybridized carbons (Fsp3) is 0.500. The molecule has 2 heterocycles. The van der Waals surface area contributed by atoms with Crippen molar-refractivity contribution in [3.63, 3.8) is 0 Å². The first-order valence-electron chi connectivity index (χ1n) is 8.94. The molecule has 1 aromatic heterocycles. The summed E-state index contributed by atoms with van der Waals surface area (Å²) in [6.45, 7) is 5.60. The van der Waals surface area contributed by atoms with Gasteiger partial charge in [0.2, 0.25) is 0 Å². The number of hydrogen-bond donors (Lipinski definition) is 1. The number of aliphatic hydroxyl groups is 1. The number of β-amino-alcohol motifs (C(OH)–C–C–N with tert-alkyl or cyclic N) is 1. The average molecular weight is 375 g/mol. The monoisotopic (exact) mass is 375 g/mol. The van der Waals surface area contributed by atoms with E-state index in [-0.39, 0.29) is 12.4 Å². The Morgan fingerprint density at radius 1 is 1.26 bits per heavy atom. The molecule has 1 fully saturated rings. The molecule has 0 bridgehead atoms. The van der Waals surface area contributed by atoms with Crippen LogP contribution in [0.25, 0.3) is 0 Å². The predicted molar refractivity (Wildman–Crippen MR) is 101 cm³/mol. The Balaban J connectivity index is 1.55. The lowest BCUT2D eigenvalue weighted by Crippen LogP contribution is -2.49. The van der Waals surface area contributed by atoms with Gasteiger partial charge in [0.05, 0.1) is 12.8 Å². The summed E-state index contributed by atoms with van der Waals surface area (Å²) in [7, 11) is 1.67. The number of piperazine rings is 1. The lowest BCUT2D eigenvalue weighted by atomic mass is 10.2. The highest BCUT2D eigenvalue weighted by atomic mass is 16.6. The zero-order valence-corrected chi connectivity index (χ0v) is 15.6. The van der Waals surface area contributed by atoms with Crippen molar-refractivity contribution in [3.05, 3.63) is 46.4 Å². The number of rotatable bonds is 7. The molecular formula is C18H25N5O4. The van der Waals surface area contributed by atoms with Crippen molar-refractivity contribution < 1.29 is 14.8 Å². The Bertz CT molecular complexity index is 786. The molecule has 27 heavy (non-hydrogen) atoms. The molecule has 0 amide bonds. The number of hydrogen-bond acceptors (Lipinski definition) is 7. The van der Waals surface area contributed by atoms with Gasteiger partial charge in [-0.15, -0.1) is 0 Å². The molecular weight excluding hydrogens is 350 g/mol. The number of anilines is 1. The Morgan fingerprint density at radius 3 is 2.63 bits per heavy atom. The van der Waals surface area contributed by atoms with Crippen LogP contribution in [0.15, 0.2) is 30.5 Å². The Morgan fingerprint density at radius 2 is 1.96 bits per heavy atom. The maximum absolute atomic E-state index is 11.1. The number of para-hydroxylation sites is 2. The van der Waals surface area contributed by atoms with E-state index in [4.69, 9.17) is 4.74 Å². The number of benzene rings is 1. The molecule has 9 heteroatoms. The maximum Gasteiger partial charge on any atom is 0.342 e. The van der Waals surface area contributed by atoms with Crippen molar-refractivity contribution in [2.75, 3.05) is 44.7 Å². The number of aromatic nitrogens is 2. The number of nitro groups is 1. The van der Waals surface area contributed by atoms with E-state index < -0.39 is 11.0 Å². The third-order valence-corrected chi connectivity index (χ3v) is 4.88. The van der Waals surface area contributed by atoms with Crippen molar-refractivity contribution >= 4 is 11.5 Å². The van der Waals surface area contributed by atoms with Gasteiger partial charge >= 0.3 is 5.82 Å². The highest BCUT2D eigenvalue weighted by Gasteiger charge is 2.24. The highest BCUT2D eigenvalue weighted by Crippen LogP contribution is 2.28. The summed E-state index contributed by atoms with van der Waals surface area (Å²) in [5.41, 5.74) is 1.07. The third-order valence-electron chi connectivity index (χ3n) is 4.88. The Hall–Kier alpha value is -2.65. The van der Waals surface area contributed by atoms with E-state index in [0.29, 0.717) is 12.4 Å². The van der Waals surface area contributed by atoms with Crippen molar-refractivity contribution in [1.82, 2.24) is 14.5 Å². The van der Waals surface area contributed by atoms with E-state index in [2.05, 4.69) is 14.8 Å². The Kier molecular flexibility index (Phi) is 5.92. The number of ether oxygens (including phenoxy) is 1. The standard InChI is InChI=1S/C18H25N5O4/c1-14-19-11-18(23(25)26)22(14)13-15(24)12-20-7-9-21(10-8-20)16-5-3-4-6-17(16)27-2/h3-6,11,15,24H,7-10,12-13H2,1-2H3. The molecule has 9 nitrogen and oxygen atoms in total. The minimum Gasteiger partial charge on any atom is -0.495 e. The molecule has 0 saturated carbocycles. The van der Waals surface area contributed by atoms with Crippen molar-refractivity contribution in [2.45, 2.75) is 19.6 Å². The molecule has 0 spiro atoms. The van der Waals surface area contributed by atoms with Crippen LogP contribution < -0.4 is 9.64 Å². The number of aliphatic hydroxyl groups excluding tert-OH is 1. The van der Waals surface area contributed by atoms with Gasteiger partial charge in [-0.2, -0.15) is 0 Å². The molecule has 0 aliphatic carbocycles. The molecule has 1 atom stereocenters. The summed E-state index contributed by atoms with van der Waals surface area (Å²) in [6.07, 6.45) is 0.531. The van der Waals surface area contributed by atoms with E-state index in [1.165, 1.54) is 10.8 Å². The first-order chi connectivity index (χ1) is 13.0. The second kappa shape index (κ2) is 8.36. The van der Waals surface area contributed by atoms with Crippen molar-refractivity contribution in [2.24, 2.45) is 0 Å². The highest BCUT2D eigenvalue weighted by molar-refractivity contribution is 5.58. The van der Waals surface area contributed by atoms with Gasteiger partial charge < -0.3 is 24.9 Å². The largest absolute Gasteiger partial charge is 0.495 e. The molecule has 2 aromatic rings. The maximum atomic E-state index is 11.1. The van der Waals surface area contributed by atoms with Crippen LogP contribution in [0.2, 0.25) is 0 Å². The SMILES string of the molecule is COc1ccccc1N1CCN(CC(O)Cn2c([N+](=O)[O-])cnc2C)CC1. The quantitative estimate of drug-likeness (QED) is 0.575. The summed E-state index contributed by atoms with van der Waals surface area (Å²) in [5, 5.41) is 21.5. The minimum atomic E-state index is -0.700. The molecule has 1 unspecified atom stereocenters. The van der Waals surface area contributed by atoms with E-state index >= 15 is 0 Å². The van der Waals surface area contributed by atoms with Gasteiger partial charge in [-0.05, 0) is 17.1 Å². The van der Waals surface area contributed by atoms with Crippen LogP contribution in [0.1, 0.15) is 5.82 Å². The molecule has 0 radical (unpaired) electrons. The summed E-state index contributed by atoms with van der Waals surface area (Å²) in [6, 6.07) is 7.94. The van der Waals surface area contributed by atoms with E-state index in [1.807, 2.05) is 24.3 Å². The first kappa shape index (κ1) is 19.1. The summed E-state index contributed by atoms with van der Waals surface area (Å²) in [5.74, 6) is 1.29. The van der Waals surface area contributed by atoms with Crippen LogP contribution in [-0.4, -0.2) is 70.4 Å². The molecule has 1 aliphatic rings. The van der Waals surface area contributed by atoms with Crippen molar-refractivity contribution in [3.8, 4) is 5.75 Å². The number of imidazole rings is 1. The molecule has 1 saturated heterocycles. The van der Waals surface area contributed by atoms with Crippen LogP contribution in [0.5, 0.6) is 5.75 Å². The Labute approximate surface area is 157 Å². The minimum absolute atomic E-state index is 0.0902. The van der Waals surface area contributed by atoms with Gasteiger partial charge in [0.1, 0.15) is 24.6 Å². The number of nitrogens with zero attached hydrogens (tertiary/aromatic N) is 5. The lowest BCUT2D eigenvalue weighted by molar-refractivity contribution is -0.392. The average Bonchev–Trinajstić information content (AvgIpc) is 3.03. The topological polar surface area (TPSA) is 96.9 Å². The van der Waals surface area contributed by atoms with E-state index in [0.717, 1.165) is 37.6 Å². The van der Waals surface area contributed by atoms with Gasteiger partial charge in [-0.25, -0.2) is 9.55 Å². The summed E-state index contributed by atoms with van der Waals surface area (Å²) >= 11 is 0. The van der Waals surface area contributed by atoms with Crippen LogP contribution in [0.3, 0.4) is 0 Å². The normalized spacial score (nSPS) is 16.3. The second-order valence-electron chi connectivity index (χ2n) is 6.64. The van der Waals surface area contributed by atoms with Gasteiger partial charge in [0.25, 0.3) is 0 Å². The molecule has 1 aromatic carbocycles. The molecule has 1 N–H and O–H groups in total. The number of aryl methyl sites for hydroxylation is 1. The number of methoxy groups -OCH3 is 1. The second-order valence-corrected chi connectivity index (χ2v) is 6.64. The fourth-order valence-electron chi connectivity index (χ4n) is 3.46. The zero-order chi connectivity index (χ0) is 19.4. The van der Waals surface area contributed by atoms with Crippen LogP contribution in [0.4, 0.5) is 11.5 Å². The summed E-state index contributed by atoms with van der Waals surface area (Å²) < 4.78 is 6.89. The molecule has 3 rings (SSSR count). The van der Waals surface area contributed by atoms with Gasteiger partial charge in [0.15, 0.2) is 5.82 Å². The smallest absolute Gasteiger partial charge is 0.342 e. The predicted octanol–water partition coefficient (Wildman–Crippen LogP) is 1.29. The van der Waals surface area contributed by atoms with E-state index in [9.17, 15) is 15.2 Å². The van der Waals surface area contributed by atoms with Gasteiger partial charge in [-0.3, -0.25) is 4.90 Å². The summed E-state index contributed by atoms with van der Waals surface area (Å²) in [4.78, 5) is 19.0. The van der Waals surface area contributed by atoms with Crippen LogP contribution >= 0.6 is 0 Å². The van der Waals surface area contributed by atoms with Gasteiger partial charge in [-0.1, -0.05) is 12.1 Å². The third kappa shape index (κ3) is 4.37. The fourth-order valence-corrected chi connectivity index (χ4v) is 3.46. The molecule has 1 aliphatic heterocycles. The lowest BCUT2D eigenvalue weighted by Gasteiger charge is -2.37. The molecule has 146 valence electrons. The van der Waals surface area contributed by atoms with Crippen molar-refractivity contribution in [1.29, 1.82) is 0 Å². The van der Waals surface area contributed by atoms with Crippen LogP contribution in [0, 0.1) is 17.0 Å². The van der Waals surface area contributed by atoms with Crippen LogP contribution in [-0.2, 0) is 6.54 Å². The zero-order valence-electron chi connectivity index (χ0n) is 15.6. The van der Waals surface area contributed by atoms with Gasteiger partial charge in [0, 0.05) is 39.6 Å².